The van der Waals surface area contributed by atoms with E-state index in [9.17, 15) is 4.79 Å². The highest BCUT2D eigenvalue weighted by molar-refractivity contribution is 7.99. The summed E-state index contributed by atoms with van der Waals surface area (Å²) >= 11 is 1.60. The van der Waals surface area contributed by atoms with Crippen molar-refractivity contribution in [1.82, 2.24) is 14.8 Å². The molecule has 3 heterocycles. The quantitative estimate of drug-likeness (QED) is 0.510. The number of rotatable bonds is 6. The Morgan fingerprint density at radius 2 is 1.97 bits per heavy atom. The molecule has 1 unspecified atom stereocenters. The van der Waals surface area contributed by atoms with E-state index < -0.39 is 6.04 Å². The van der Waals surface area contributed by atoms with Crippen LogP contribution in [0.2, 0.25) is 0 Å². The summed E-state index contributed by atoms with van der Waals surface area (Å²) in [4.78, 5) is 18.2. The van der Waals surface area contributed by atoms with Crippen molar-refractivity contribution in [2.45, 2.75) is 38.4 Å². The van der Waals surface area contributed by atoms with Crippen molar-refractivity contribution in [3.05, 3.63) is 64.9 Å². The summed E-state index contributed by atoms with van der Waals surface area (Å²) in [5, 5.41) is 11.7. The second-order valence-electron chi connectivity index (χ2n) is 8.01. The van der Waals surface area contributed by atoms with Gasteiger partial charge in [-0.05, 0) is 50.1 Å². The van der Waals surface area contributed by atoms with Crippen LogP contribution < -0.4 is 20.1 Å². The average Bonchev–Trinajstić information content (AvgIpc) is 3.44. The Balaban J connectivity index is 1.56. The second kappa shape index (κ2) is 8.82. The molecular weight excluding hydrogens is 438 g/mol. The number of nitrogens with one attached hydrogen (secondary N) is 2. The van der Waals surface area contributed by atoms with E-state index in [1.165, 1.54) is 0 Å². The van der Waals surface area contributed by atoms with Crippen molar-refractivity contribution in [3.63, 3.8) is 0 Å². The zero-order valence-electron chi connectivity index (χ0n) is 18.7. The Labute approximate surface area is 196 Å². The molecule has 0 bridgehead atoms. The minimum atomic E-state index is -0.468. The zero-order chi connectivity index (χ0) is 22.9. The SMILES string of the molecule is CCCSc1nc2n(n1)C(c1ccc3c(c1)OCO3)C(C(=O)Nc1ccc(C)cc1)=C(C)N2. The minimum absolute atomic E-state index is 0.188. The minimum Gasteiger partial charge on any atom is -0.454 e. The van der Waals surface area contributed by atoms with Crippen LogP contribution in [0.25, 0.3) is 0 Å². The lowest BCUT2D eigenvalue weighted by Gasteiger charge is -2.28. The Morgan fingerprint density at radius 1 is 1.18 bits per heavy atom. The van der Waals surface area contributed by atoms with E-state index in [-0.39, 0.29) is 12.7 Å². The highest BCUT2D eigenvalue weighted by Crippen LogP contribution is 2.41. The Hall–Kier alpha value is -3.46. The largest absolute Gasteiger partial charge is 0.454 e. The number of benzene rings is 2. The molecule has 0 aliphatic carbocycles. The van der Waals surface area contributed by atoms with Crippen LogP contribution >= 0.6 is 11.8 Å². The van der Waals surface area contributed by atoms with Gasteiger partial charge < -0.3 is 20.1 Å². The Bertz CT molecular complexity index is 1240. The van der Waals surface area contributed by atoms with Gasteiger partial charge in [0.15, 0.2) is 11.5 Å². The molecule has 2 N–H and O–H groups in total. The Kier molecular flexibility index (Phi) is 5.72. The number of hydrogen-bond donors (Lipinski definition) is 2. The van der Waals surface area contributed by atoms with Crippen LogP contribution in [0.5, 0.6) is 11.5 Å². The van der Waals surface area contributed by atoms with Crippen LogP contribution in [-0.4, -0.2) is 33.2 Å². The summed E-state index contributed by atoms with van der Waals surface area (Å²) in [5.41, 5.74) is 4.03. The first kappa shape index (κ1) is 21.4. The molecule has 2 aromatic carbocycles. The van der Waals surface area contributed by atoms with Gasteiger partial charge in [0.1, 0.15) is 6.04 Å². The molecule has 0 fully saturated rings. The van der Waals surface area contributed by atoms with Crippen LogP contribution in [0, 0.1) is 6.92 Å². The predicted molar refractivity (Wildman–Crippen MR) is 128 cm³/mol. The van der Waals surface area contributed by atoms with Gasteiger partial charge in [-0.3, -0.25) is 4.79 Å². The number of amides is 1. The van der Waals surface area contributed by atoms with Gasteiger partial charge in [-0.15, -0.1) is 5.10 Å². The third-order valence-corrected chi connectivity index (χ3v) is 6.58. The molecule has 0 saturated heterocycles. The molecule has 2 aliphatic rings. The fourth-order valence-electron chi connectivity index (χ4n) is 3.91. The first-order valence-electron chi connectivity index (χ1n) is 10.9. The van der Waals surface area contributed by atoms with Crippen molar-refractivity contribution in [2.24, 2.45) is 0 Å². The second-order valence-corrected chi connectivity index (χ2v) is 9.07. The van der Waals surface area contributed by atoms with Crippen LogP contribution in [0.4, 0.5) is 11.6 Å². The van der Waals surface area contributed by atoms with Gasteiger partial charge in [-0.2, -0.15) is 4.98 Å². The van der Waals surface area contributed by atoms with E-state index in [1.807, 2.05) is 56.3 Å². The molecule has 8 nitrogen and oxygen atoms in total. The lowest BCUT2D eigenvalue weighted by Crippen LogP contribution is -2.31. The number of ether oxygens (including phenoxy) is 2. The molecule has 170 valence electrons. The lowest BCUT2D eigenvalue weighted by molar-refractivity contribution is -0.113. The monoisotopic (exact) mass is 463 g/mol. The zero-order valence-corrected chi connectivity index (χ0v) is 19.5. The third kappa shape index (κ3) is 4.16. The molecule has 0 radical (unpaired) electrons. The molecule has 1 amide bonds. The van der Waals surface area contributed by atoms with Gasteiger partial charge >= 0.3 is 0 Å². The molecule has 1 atom stereocenters. The van der Waals surface area contributed by atoms with E-state index >= 15 is 0 Å². The molecule has 3 aromatic rings. The maximum atomic E-state index is 13.5. The summed E-state index contributed by atoms with van der Waals surface area (Å²) in [5.74, 6) is 2.68. The van der Waals surface area contributed by atoms with Gasteiger partial charge in [0.2, 0.25) is 17.9 Å². The van der Waals surface area contributed by atoms with Crippen molar-refractivity contribution in [1.29, 1.82) is 0 Å². The smallest absolute Gasteiger partial charge is 0.255 e. The lowest BCUT2D eigenvalue weighted by atomic mass is 9.94. The van der Waals surface area contributed by atoms with Crippen LogP contribution in [-0.2, 0) is 4.79 Å². The average molecular weight is 464 g/mol. The molecule has 0 saturated carbocycles. The first-order valence-corrected chi connectivity index (χ1v) is 11.9. The molecule has 1 aromatic heterocycles. The summed E-state index contributed by atoms with van der Waals surface area (Å²) in [7, 11) is 0. The standard InChI is InChI=1S/C24H25N5O3S/c1-4-11-33-24-27-23-25-15(3)20(22(30)26-17-8-5-14(2)6-9-17)21(29(23)28-24)16-7-10-18-19(12-16)32-13-31-18/h5-10,12,21H,4,11,13H2,1-3H3,(H,26,30)(H,25,27,28). The number of carbonyl (C=O) groups excluding carboxylic acids is 1. The number of hydrogen-bond acceptors (Lipinski definition) is 7. The van der Waals surface area contributed by atoms with E-state index in [1.54, 1.807) is 16.4 Å². The van der Waals surface area contributed by atoms with Crippen molar-refractivity contribution in [3.8, 4) is 11.5 Å². The number of allylic oxidation sites excluding steroid dienone is 1. The molecular formula is C24H25N5O3S. The van der Waals surface area contributed by atoms with Gasteiger partial charge in [-0.25, -0.2) is 4.68 Å². The molecule has 0 spiro atoms. The highest BCUT2D eigenvalue weighted by Gasteiger charge is 2.35. The van der Waals surface area contributed by atoms with Crippen LogP contribution in [0.1, 0.15) is 37.4 Å². The number of aryl methyl sites for hydroxylation is 1. The third-order valence-electron chi connectivity index (χ3n) is 5.53. The fraction of sp³-hybridized carbons (Fsp3) is 0.292. The van der Waals surface area contributed by atoms with E-state index in [0.717, 1.165) is 34.7 Å². The van der Waals surface area contributed by atoms with Gasteiger partial charge in [-0.1, -0.05) is 42.4 Å². The molecule has 2 aliphatic heterocycles. The Morgan fingerprint density at radius 3 is 2.76 bits per heavy atom. The van der Waals surface area contributed by atoms with Gasteiger partial charge in [0, 0.05) is 17.1 Å². The number of thioether (sulfide) groups is 1. The van der Waals surface area contributed by atoms with Crippen LogP contribution in [0.3, 0.4) is 0 Å². The molecule has 5 rings (SSSR count). The van der Waals surface area contributed by atoms with Crippen molar-refractivity contribution >= 4 is 29.3 Å². The van der Waals surface area contributed by atoms with Crippen molar-refractivity contribution < 1.29 is 14.3 Å². The maximum Gasteiger partial charge on any atom is 0.255 e. The number of anilines is 2. The highest BCUT2D eigenvalue weighted by atomic mass is 32.2. The van der Waals surface area contributed by atoms with E-state index in [0.29, 0.717) is 28.2 Å². The van der Waals surface area contributed by atoms with Gasteiger partial charge in [0.25, 0.3) is 5.91 Å². The summed E-state index contributed by atoms with van der Waals surface area (Å²) in [6, 6.07) is 13.0. The normalized spacial score (nSPS) is 16.4. The molecule has 33 heavy (non-hydrogen) atoms. The number of aromatic nitrogens is 3. The van der Waals surface area contributed by atoms with Crippen LogP contribution in [0.15, 0.2) is 58.9 Å². The maximum absolute atomic E-state index is 13.5. The topological polar surface area (TPSA) is 90.3 Å². The number of fused-ring (bicyclic) bond motifs is 2. The number of carbonyl (C=O) groups is 1. The summed E-state index contributed by atoms with van der Waals surface area (Å²) in [6.07, 6.45) is 1.02. The predicted octanol–water partition coefficient (Wildman–Crippen LogP) is 4.74. The summed E-state index contributed by atoms with van der Waals surface area (Å²) in [6.45, 7) is 6.21. The fourth-order valence-corrected chi connectivity index (χ4v) is 4.59. The van der Waals surface area contributed by atoms with E-state index in [4.69, 9.17) is 14.6 Å². The van der Waals surface area contributed by atoms with Crippen molar-refractivity contribution in [2.75, 3.05) is 23.2 Å². The van der Waals surface area contributed by atoms with Gasteiger partial charge in [0.05, 0.1) is 5.57 Å². The summed E-state index contributed by atoms with van der Waals surface area (Å²) < 4.78 is 12.9. The first-order chi connectivity index (χ1) is 16.0. The number of nitrogens with zero attached hydrogens (tertiary/aromatic N) is 3. The van der Waals surface area contributed by atoms with E-state index in [2.05, 4.69) is 22.5 Å². The molecule has 9 heteroatoms.